The molecule has 0 radical (unpaired) electrons. The first kappa shape index (κ1) is 15.7. The summed E-state index contributed by atoms with van der Waals surface area (Å²) in [4.78, 5) is 23.9. The molecular weight excluding hydrogens is 220 g/mol. The molecule has 5 nitrogen and oxygen atoms in total. The molecule has 0 spiro atoms. The summed E-state index contributed by atoms with van der Waals surface area (Å²) in [5, 5.41) is 11.6. The fourth-order valence-corrected chi connectivity index (χ4v) is 1.68. The highest BCUT2D eigenvalue weighted by atomic mass is 16.4. The minimum absolute atomic E-state index is 0.0932. The van der Waals surface area contributed by atoms with Crippen LogP contribution >= 0.6 is 0 Å². The second-order valence-electron chi connectivity index (χ2n) is 4.52. The summed E-state index contributed by atoms with van der Waals surface area (Å²) in [7, 11) is 0. The summed E-state index contributed by atoms with van der Waals surface area (Å²) in [6.45, 7) is 8.22. The molecule has 0 heterocycles. The van der Waals surface area contributed by atoms with E-state index < -0.39 is 5.97 Å². The summed E-state index contributed by atoms with van der Waals surface area (Å²) in [5.74, 6) is -0.636. The lowest BCUT2D eigenvalue weighted by molar-refractivity contribution is -0.137. The van der Waals surface area contributed by atoms with Gasteiger partial charge in [0, 0.05) is 12.6 Å². The Morgan fingerprint density at radius 3 is 2.24 bits per heavy atom. The molecule has 17 heavy (non-hydrogen) atoms. The van der Waals surface area contributed by atoms with Gasteiger partial charge in [0.25, 0.3) is 0 Å². The number of rotatable bonds is 7. The molecule has 0 aliphatic heterocycles. The number of carboxylic acids is 1. The maximum absolute atomic E-state index is 11.9. The monoisotopic (exact) mass is 244 g/mol. The number of carbonyl (C=O) groups excluding carboxylic acids is 1. The number of aliphatic carboxylic acids is 1. The zero-order valence-electron chi connectivity index (χ0n) is 11.2. The largest absolute Gasteiger partial charge is 0.480 e. The lowest BCUT2D eigenvalue weighted by atomic mass is 10.0. The van der Waals surface area contributed by atoms with E-state index in [0.29, 0.717) is 12.5 Å². The van der Waals surface area contributed by atoms with Crippen molar-refractivity contribution in [2.75, 3.05) is 13.1 Å². The highest BCUT2D eigenvalue weighted by Gasteiger charge is 2.20. The van der Waals surface area contributed by atoms with Crippen molar-refractivity contribution in [1.82, 2.24) is 10.2 Å². The number of hydrogen-bond acceptors (Lipinski definition) is 2. The van der Waals surface area contributed by atoms with Crippen LogP contribution < -0.4 is 5.32 Å². The highest BCUT2D eigenvalue weighted by molar-refractivity contribution is 5.80. The molecular formula is C12H24N2O3. The second kappa shape index (κ2) is 7.92. The van der Waals surface area contributed by atoms with Crippen molar-refractivity contribution in [2.45, 2.75) is 46.6 Å². The van der Waals surface area contributed by atoms with Crippen LogP contribution in [0.2, 0.25) is 0 Å². The van der Waals surface area contributed by atoms with E-state index in [9.17, 15) is 9.59 Å². The van der Waals surface area contributed by atoms with Crippen LogP contribution in [0.25, 0.3) is 0 Å². The smallest absolute Gasteiger partial charge is 0.323 e. The number of carboxylic acid groups (broad SMARTS) is 1. The predicted molar refractivity (Wildman–Crippen MR) is 66.9 cm³/mol. The molecule has 0 fully saturated rings. The summed E-state index contributed by atoms with van der Waals surface area (Å²) in [5.41, 5.74) is 0. The van der Waals surface area contributed by atoms with Gasteiger partial charge in [-0.15, -0.1) is 0 Å². The van der Waals surface area contributed by atoms with Gasteiger partial charge in [-0.2, -0.15) is 0 Å². The van der Waals surface area contributed by atoms with Crippen LogP contribution in [0.3, 0.4) is 0 Å². The highest BCUT2D eigenvalue weighted by Crippen LogP contribution is 2.06. The number of hydrogen-bond donors (Lipinski definition) is 2. The zero-order valence-corrected chi connectivity index (χ0v) is 11.2. The fourth-order valence-electron chi connectivity index (χ4n) is 1.68. The van der Waals surface area contributed by atoms with Gasteiger partial charge in [0.15, 0.2) is 0 Å². The van der Waals surface area contributed by atoms with Crippen LogP contribution in [0.15, 0.2) is 0 Å². The molecule has 100 valence electrons. The average Bonchev–Trinajstić information content (AvgIpc) is 2.23. The molecule has 0 aromatic rings. The van der Waals surface area contributed by atoms with Crippen LogP contribution in [0.1, 0.15) is 40.5 Å². The molecule has 0 saturated heterocycles. The first-order valence-corrected chi connectivity index (χ1v) is 6.19. The van der Waals surface area contributed by atoms with Crippen LogP contribution in [0.4, 0.5) is 4.79 Å². The molecule has 0 aliphatic rings. The van der Waals surface area contributed by atoms with E-state index in [1.54, 1.807) is 0 Å². The lowest BCUT2D eigenvalue weighted by Gasteiger charge is -2.26. The van der Waals surface area contributed by atoms with Gasteiger partial charge in [-0.25, -0.2) is 4.79 Å². The van der Waals surface area contributed by atoms with Crippen molar-refractivity contribution >= 4 is 12.0 Å². The summed E-state index contributed by atoms with van der Waals surface area (Å²) < 4.78 is 0. The molecule has 0 rings (SSSR count). The van der Waals surface area contributed by atoms with E-state index in [2.05, 4.69) is 5.32 Å². The van der Waals surface area contributed by atoms with Gasteiger partial charge in [-0.1, -0.05) is 27.7 Å². The second-order valence-corrected chi connectivity index (χ2v) is 4.52. The van der Waals surface area contributed by atoms with Gasteiger partial charge < -0.3 is 15.3 Å². The molecule has 0 aromatic heterocycles. The summed E-state index contributed by atoms with van der Waals surface area (Å²) in [6.07, 6.45) is 1.59. The van der Waals surface area contributed by atoms with E-state index in [1.807, 2.05) is 27.7 Å². The van der Waals surface area contributed by atoms with Gasteiger partial charge in [-0.05, 0) is 18.8 Å². The first-order valence-electron chi connectivity index (χ1n) is 6.19. The normalized spacial score (nSPS) is 12.3. The molecule has 1 atom stereocenters. The molecule has 0 aromatic carbocycles. The molecule has 0 bridgehead atoms. The Bertz CT molecular complexity index is 254. The van der Waals surface area contributed by atoms with Gasteiger partial charge in [-0.3, -0.25) is 4.79 Å². The molecule has 2 amide bonds. The third kappa shape index (κ3) is 6.14. The van der Waals surface area contributed by atoms with Crippen molar-refractivity contribution < 1.29 is 14.7 Å². The third-order valence-electron chi connectivity index (χ3n) is 2.66. The van der Waals surface area contributed by atoms with Crippen LogP contribution in [0.5, 0.6) is 0 Å². The van der Waals surface area contributed by atoms with Gasteiger partial charge >= 0.3 is 12.0 Å². The number of nitrogens with zero attached hydrogens (tertiary/aromatic N) is 1. The zero-order chi connectivity index (χ0) is 13.4. The summed E-state index contributed by atoms with van der Waals surface area (Å²) >= 11 is 0. The van der Waals surface area contributed by atoms with Crippen molar-refractivity contribution in [3.05, 3.63) is 0 Å². The Morgan fingerprint density at radius 1 is 1.29 bits per heavy atom. The molecule has 5 heteroatoms. The Labute approximate surface area is 103 Å². The average molecular weight is 244 g/mol. The van der Waals surface area contributed by atoms with Crippen molar-refractivity contribution in [3.8, 4) is 0 Å². The van der Waals surface area contributed by atoms with E-state index >= 15 is 0 Å². The molecule has 1 unspecified atom stereocenters. The molecule has 0 aliphatic carbocycles. The maximum atomic E-state index is 11.9. The van der Waals surface area contributed by atoms with E-state index in [4.69, 9.17) is 5.11 Å². The van der Waals surface area contributed by atoms with Crippen LogP contribution in [-0.4, -0.2) is 41.1 Å². The maximum Gasteiger partial charge on any atom is 0.323 e. The Morgan fingerprint density at radius 2 is 1.88 bits per heavy atom. The quantitative estimate of drug-likeness (QED) is 0.719. The minimum atomic E-state index is -0.980. The number of urea groups is 1. The van der Waals surface area contributed by atoms with Gasteiger partial charge in [0.2, 0.25) is 0 Å². The topological polar surface area (TPSA) is 69.6 Å². The van der Waals surface area contributed by atoms with Crippen LogP contribution in [-0.2, 0) is 4.79 Å². The number of nitrogens with one attached hydrogen (secondary N) is 1. The Balaban J connectivity index is 4.44. The Hall–Kier alpha value is -1.26. The standard InChI is InChI=1S/C12H24N2O3/c1-5-7-14(8-11(15)16)12(17)13-10(6-2)9(3)4/h9-10H,5-8H2,1-4H3,(H,13,17)(H,15,16). The SMILES string of the molecule is CCCN(CC(=O)O)C(=O)NC(CC)C(C)C. The molecule has 0 saturated carbocycles. The minimum Gasteiger partial charge on any atom is -0.480 e. The van der Waals surface area contributed by atoms with Crippen molar-refractivity contribution in [1.29, 1.82) is 0 Å². The first-order chi connectivity index (χ1) is 7.92. The van der Waals surface area contributed by atoms with Crippen molar-refractivity contribution in [3.63, 3.8) is 0 Å². The van der Waals surface area contributed by atoms with E-state index in [-0.39, 0.29) is 18.6 Å². The fraction of sp³-hybridized carbons (Fsp3) is 0.833. The predicted octanol–water partition coefficient (Wildman–Crippen LogP) is 1.93. The number of amides is 2. The van der Waals surface area contributed by atoms with E-state index in [1.165, 1.54) is 4.90 Å². The van der Waals surface area contributed by atoms with Gasteiger partial charge in [0.05, 0.1) is 0 Å². The summed E-state index contributed by atoms with van der Waals surface area (Å²) in [6, 6.07) is -0.189. The van der Waals surface area contributed by atoms with Gasteiger partial charge in [0.1, 0.15) is 6.54 Å². The van der Waals surface area contributed by atoms with E-state index in [0.717, 1.165) is 12.8 Å². The van der Waals surface area contributed by atoms with Crippen molar-refractivity contribution in [2.24, 2.45) is 5.92 Å². The number of carbonyl (C=O) groups is 2. The molecule has 2 N–H and O–H groups in total. The lowest BCUT2D eigenvalue weighted by Crippen LogP contribution is -2.48. The van der Waals surface area contributed by atoms with Crippen LogP contribution in [0, 0.1) is 5.92 Å². The third-order valence-corrected chi connectivity index (χ3v) is 2.66. The Kier molecular flexibility index (Phi) is 7.34.